The summed E-state index contributed by atoms with van der Waals surface area (Å²) in [6.07, 6.45) is 0. The molecule has 0 amide bonds. The third kappa shape index (κ3) is 2.42. The summed E-state index contributed by atoms with van der Waals surface area (Å²) in [7, 11) is 0. The zero-order chi connectivity index (χ0) is 14.1. The first-order valence-electron chi connectivity index (χ1n) is 5.82. The molecule has 3 rings (SSSR count). The van der Waals surface area contributed by atoms with Crippen LogP contribution >= 0.6 is 11.6 Å². The molecule has 0 unspecified atom stereocenters. The van der Waals surface area contributed by atoms with E-state index in [9.17, 15) is 4.79 Å². The molecule has 7 heteroatoms. The predicted molar refractivity (Wildman–Crippen MR) is 67.9 cm³/mol. The highest BCUT2D eigenvalue weighted by Crippen LogP contribution is 2.39. The van der Waals surface area contributed by atoms with Crippen LogP contribution in [-0.2, 0) is 11.3 Å². The van der Waals surface area contributed by atoms with Crippen LogP contribution in [-0.4, -0.2) is 17.9 Å². The van der Waals surface area contributed by atoms with E-state index in [4.69, 9.17) is 30.3 Å². The molecule has 0 fully saturated rings. The highest BCUT2D eigenvalue weighted by atomic mass is 35.5. The lowest BCUT2D eigenvalue weighted by Gasteiger charge is -2.05. The summed E-state index contributed by atoms with van der Waals surface area (Å²) in [5.41, 5.74) is 0.835. The Bertz CT molecular complexity index is 667. The van der Waals surface area contributed by atoms with Crippen molar-refractivity contribution in [3.8, 4) is 11.5 Å². The second-order valence-electron chi connectivity index (χ2n) is 4.20. The molecule has 0 N–H and O–H groups in total. The third-order valence-corrected chi connectivity index (χ3v) is 2.97. The van der Waals surface area contributed by atoms with Crippen molar-refractivity contribution in [1.82, 2.24) is 5.16 Å². The van der Waals surface area contributed by atoms with Gasteiger partial charge in [-0.2, -0.15) is 0 Å². The van der Waals surface area contributed by atoms with Gasteiger partial charge < -0.3 is 18.7 Å². The van der Waals surface area contributed by atoms with E-state index in [-0.39, 0.29) is 13.4 Å². The molecule has 0 radical (unpaired) electrons. The van der Waals surface area contributed by atoms with E-state index in [1.807, 2.05) is 0 Å². The Kier molecular flexibility index (Phi) is 3.23. The minimum atomic E-state index is -0.522. The number of nitrogens with zero attached hydrogens (tertiary/aromatic N) is 1. The Morgan fingerprint density at radius 3 is 3.00 bits per heavy atom. The van der Waals surface area contributed by atoms with Gasteiger partial charge in [0.15, 0.2) is 11.5 Å². The van der Waals surface area contributed by atoms with Gasteiger partial charge >= 0.3 is 5.97 Å². The minimum absolute atomic E-state index is 0.0300. The molecule has 0 aliphatic carbocycles. The van der Waals surface area contributed by atoms with E-state index < -0.39 is 5.97 Å². The van der Waals surface area contributed by atoms with Crippen molar-refractivity contribution in [3.05, 3.63) is 40.2 Å². The van der Waals surface area contributed by atoms with Crippen molar-refractivity contribution in [2.45, 2.75) is 13.5 Å². The van der Waals surface area contributed by atoms with Crippen molar-refractivity contribution in [1.29, 1.82) is 0 Å². The second-order valence-corrected chi connectivity index (χ2v) is 4.60. The maximum atomic E-state index is 11.9. The summed E-state index contributed by atoms with van der Waals surface area (Å²) < 4.78 is 20.4. The lowest BCUT2D eigenvalue weighted by molar-refractivity contribution is 0.0464. The van der Waals surface area contributed by atoms with Crippen molar-refractivity contribution < 1.29 is 23.5 Å². The summed E-state index contributed by atoms with van der Waals surface area (Å²) >= 11 is 6.00. The van der Waals surface area contributed by atoms with Gasteiger partial charge in [0.2, 0.25) is 6.79 Å². The van der Waals surface area contributed by atoms with Gasteiger partial charge in [0.25, 0.3) is 0 Å². The third-order valence-electron chi connectivity index (χ3n) is 2.69. The van der Waals surface area contributed by atoms with Crippen LogP contribution in [0, 0.1) is 6.92 Å². The fraction of sp³-hybridized carbons (Fsp3) is 0.231. The summed E-state index contributed by atoms with van der Waals surface area (Å²) in [4.78, 5) is 11.9. The van der Waals surface area contributed by atoms with Gasteiger partial charge in [0.05, 0.1) is 10.6 Å². The number of ether oxygens (including phenoxy) is 3. The average molecular weight is 296 g/mol. The lowest BCUT2D eigenvalue weighted by atomic mass is 10.2. The normalized spacial score (nSPS) is 12.5. The first-order valence-corrected chi connectivity index (χ1v) is 6.20. The van der Waals surface area contributed by atoms with Gasteiger partial charge in [-0.05, 0) is 19.1 Å². The zero-order valence-electron chi connectivity index (χ0n) is 10.5. The van der Waals surface area contributed by atoms with Crippen molar-refractivity contribution in [2.24, 2.45) is 0 Å². The molecule has 0 atom stereocenters. The Hall–Kier alpha value is -2.21. The van der Waals surface area contributed by atoms with Crippen LogP contribution in [0.3, 0.4) is 0 Å². The van der Waals surface area contributed by atoms with Gasteiger partial charge in [-0.15, -0.1) is 0 Å². The molecule has 104 valence electrons. The Morgan fingerprint density at radius 1 is 1.40 bits per heavy atom. The summed E-state index contributed by atoms with van der Waals surface area (Å²) in [6, 6.07) is 4.70. The number of aromatic nitrogens is 1. The molecule has 20 heavy (non-hydrogen) atoms. The number of aryl methyl sites for hydroxylation is 1. The first kappa shape index (κ1) is 12.8. The van der Waals surface area contributed by atoms with Crippen LogP contribution in [0.1, 0.15) is 21.8 Å². The summed E-state index contributed by atoms with van der Waals surface area (Å²) in [5, 5.41) is 4.04. The number of benzene rings is 1. The van der Waals surface area contributed by atoms with Gasteiger partial charge in [-0.1, -0.05) is 16.8 Å². The summed E-state index contributed by atoms with van der Waals surface area (Å²) in [5.74, 6) is 1.00. The molecule has 1 aliphatic rings. The first-order chi connectivity index (χ1) is 9.63. The van der Waals surface area contributed by atoms with Crippen LogP contribution in [0.4, 0.5) is 0 Å². The Morgan fingerprint density at radius 2 is 2.25 bits per heavy atom. The number of halogens is 1. The molecule has 1 aliphatic heterocycles. The molecular weight excluding hydrogens is 286 g/mol. The van der Waals surface area contributed by atoms with Gasteiger partial charge in [0, 0.05) is 6.07 Å². The van der Waals surface area contributed by atoms with E-state index >= 15 is 0 Å². The van der Waals surface area contributed by atoms with Crippen LogP contribution in [0.2, 0.25) is 5.02 Å². The molecular formula is C13H10ClNO5. The standard InChI is InChI=1S/C13H10ClNO5/c1-7-2-9(15-20-7)5-17-13(16)8-3-10(14)12-11(4-8)18-6-19-12/h2-4H,5-6H2,1H3. The van der Waals surface area contributed by atoms with Gasteiger partial charge in [-0.25, -0.2) is 4.79 Å². The van der Waals surface area contributed by atoms with Gasteiger partial charge in [0.1, 0.15) is 18.1 Å². The van der Waals surface area contributed by atoms with Crippen LogP contribution in [0.5, 0.6) is 11.5 Å². The van der Waals surface area contributed by atoms with Crippen molar-refractivity contribution >= 4 is 17.6 Å². The van der Waals surface area contributed by atoms with Crippen LogP contribution < -0.4 is 9.47 Å². The predicted octanol–water partition coefficient (Wildman–Crippen LogP) is 2.72. The van der Waals surface area contributed by atoms with E-state index in [1.165, 1.54) is 12.1 Å². The smallest absolute Gasteiger partial charge is 0.338 e. The summed E-state index contributed by atoms with van der Waals surface area (Å²) in [6.45, 7) is 1.88. The fourth-order valence-corrected chi connectivity index (χ4v) is 2.06. The number of hydrogen-bond donors (Lipinski definition) is 0. The Balaban J connectivity index is 1.73. The van der Waals surface area contributed by atoms with Crippen LogP contribution in [0.15, 0.2) is 22.7 Å². The fourth-order valence-electron chi connectivity index (χ4n) is 1.79. The van der Waals surface area contributed by atoms with Crippen molar-refractivity contribution in [2.75, 3.05) is 6.79 Å². The average Bonchev–Trinajstić information content (AvgIpc) is 3.04. The molecule has 2 aromatic rings. The number of fused-ring (bicyclic) bond motifs is 1. The highest BCUT2D eigenvalue weighted by Gasteiger charge is 2.21. The monoisotopic (exact) mass is 295 g/mol. The number of carbonyl (C=O) groups is 1. The van der Waals surface area contributed by atoms with Crippen molar-refractivity contribution in [3.63, 3.8) is 0 Å². The zero-order valence-corrected chi connectivity index (χ0v) is 11.3. The number of hydrogen-bond acceptors (Lipinski definition) is 6. The van der Waals surface area contributed by atoms with E-state index in [1.54, 1.807) is 13.0 Å². The topological polar surface area (TPSA) is 70.8 Å². The molecule has 0 saturated carbocycles. The SMILES string of the molecule is Cc1cc(COC(=O)c2cc(Cl)c3c(c2)OCO3)no1. The lowest BCUT2D eigenvalue weighted by Crippen LogP contribution is -2.05. The minimum Gasteiger partial charge on any atom is -0.455 e. The Labute approximate surface area is 119 Å². The molecule has 1 aromatic carbocycles. The maximum absolute atomic E-state index is 11.9. The molecule has 0 bridgehead atoms. The molecule has 1 aromatic heterocycles. The van der Waals surface area contributed by atoms with E-state index in [0.29, 0.717) is 33.5 Å². The highest BCUT2D eigenvalue weighted by molar-refractivity contribution is 6.32. The maximum Gasteiger partial charge on any atom is 0.338 e. The largest absolute Gasteiger partial charge is 0.455 e. The second kappa shape index (κ2) is 5.05. The van der Waals surface area contributed by atoms with E-state index in [0.717, 1.165) is 0 Å². The molecule has 0 spiro atoms. The van der Waals surface area contributed by atoms with Gasteiger partial charge in [-0.3, -0.25) is 0 Å². The number of carbonyl (C=O) groups excluding carboxylic acids is 1. The van der Waals surface area contributed by atoms with E-state index in [2.05, 4.69) is 5.16 Å². The van der Waals surface area contributed by atoms with Crippen LogP contribution in [0.25, 0.3) is 0 Å². The molecule has 0 saturated heterocycles. The molecule has 6 nitrogen and oxygen atoms in total. The quantitative estimate of drug-likeness (QED) is 0.811. The molecule has 2 heterocycles. The number of rotatable bonds is 3. The number of esters is 1.